The molecule has 0 aliphatic carbocycles. The zero-order valence-electron chi connectivity index (χ0n) is 7.45. The molecule has 1 N–H and O–H groups in total. The molecule has 0 fully saturated rings. The van der Waals surface area contributed by atoms with Crippen LogP contribution < -0.4 is 12.5 Å². The molecule has 0 bridgehead atoms. The van der Waals surface area contributed by atoms with Crippen LogP contribution in [0.3, 0.4) is 0 Å². The molecule has 0 atom stereocenters. The van der Waals surface area contributed by atoms with E-state index in [0.29, 0.717) is 0 Å². The molecule has 0 unspecified atom stereocenters. The van der Waals surface area contributed by atoms with Crippen molar-refractivity contribution in [3.63, 3.8) is 0 Å². The molecule has 2 aromatic carbocycles. The predicted molar refractivity (Wildman–Crippen MR) is 60.0 cm³/mol. The standard InChI is InChI=1S/C12H8NTe/c1-3-7-11-9(5-1)13-10-6-2-4-8-12(10)14-11/h1-5,7-8,13H. The molecule has 1 nitrogen and oxygen atoms in total. The molecule has 1 aliphatic heterocycles. The van der Waals surface area contributed by atoms with Crippen LogP contribution in [-0.2, 0) is 0 Å². The van der Waals surface area contributed by atoms with Crippen molar-refractivity contribution in [1.29, 1.82) is 0 Å². The number of nitrogens with one attached hydrogen (secondary N) is 1. The summed E-state index contributed by atoms with van der Waals surface area (Å²) in [5.74, 6) is 0. The Hall–Kier alpha value is -0.970. The van der Waals surface area contributed by atoms with Crippen molar-refractivity contribution in [1.82, 2.24) is 0 Å². The van der Waals surface area contributed by atoms with Crippen LogP contribution in [0.4, 0.5) is 11.4 Å². The van der Waals surface area contributed by atoms with E-state index >= 15 is 0 Å². The fourth-order valence-electron chi connectivity index (χ4n) is 1.52. The molecule has 0 aromatic heterocycles. The van der Waals surface area contributed by atoms with Crippen molar-refractivity contribution in [3.8, 4) is 0 Å². The average molecular weight is 294 g/mol. The van der Waals surface area contributed by atoms with E-state index in [1.165, 1.54) is 18.6 Å². The minimum absolute atomic E-state index is 0.205. The van der Waals surface area contributed by atoms with E-state index in [4.69, 9.17) is 0 Å². The monoisotopic (exact) mass is 296 g/mol. The Morgan fingerprint density at radius 1 is 1.00 bits per heavy atom. The normalized spacial score (nSPS) is 12.6. The van der Waals surface area contributed by atoms with E-state index in [2.05, 4.69) is 47.8 Å². The second-order valence-corrected chi connectivity index (χ2v) is 6.23. The molecule has 2 aromatic rings. The third kappa shape index (κ3) is 1.32. The number of benzene rings is 2. The molecule has 1 aliphatic rings. The van der Waals surface area contributed by atoms with Crippen LogP contribution in [0.25, 0.3) is 0 Å². The van der Waals surface area contributed by atoms with Crippen molar-refractivity contribution in [2.45, 2.75) is 0 Å². The van der Waals surface area contributed by atoms with Gasteiger partial charge in [-0.05, 0) is 0 Å². The molecule has 0 spiro atoms. The topological polar surface area (TPSA) is 12.0 Å². The van der Waals surface area contributed by atoms with Gasteiger partial charge in [0.2, 0.25) is 0 Å². The Bertz CT molecular complexity index is 392. The molecular weight excluding hydrogens is 286 g/mol. The first-order chi connectivity index (χ1) is 6.93. The zero-order chi connectivity index (χ0) is 9.38. The number of hydrogen-bond acceptors (Lipinski definition) is 1. The summed E-state index contributed by atoms with van der Waals surface area (Å²) in [5, 5.41) is 3.42. The van der Waals surface area contributed by atoms with Gasteiger partial charge in [-0.2, -0.15) is 0 Å². The molecule has 1 heterocycles. The van der Waals surface area contributed by atoms with Gasteiger partial charge in [-0.15, -0.1) is 0 Å². The van der Waals surface area contributed by atoms with Crippen LogP contribution in [0.15, 0.2) is 42.5 Å². The van der Waals surface area contributed by atoms with Gasteiger partial charge in [-0.25, -0.2) is 0 Å². The first-order valence-corrected chi connectivity index (χ1v) is 6.81. The van der Waals surface area contributed by atoms with Gasteiger partial charge >= 0.3 is 93.4 Å². The second-order valence-electron chi connectivity index (χ2n) is 3.13. The van der Waals surface area contributed by atoms with Gasteiger partial charge in [0.15, 0.2) is 0 Å². The van der Waals surface area contributed by atoms with Gasteiger partial charge in [-0.3, -0.25) is 0 Å². The van der Waals surface area contributed by atoms with Crippen LogP contribution in [0.2, 0.25) is 0 Å². The molecule has 67 valence electrons. The van der Waals surface area contributed by atoms with Gasteiger partial charge in [0.05, 0.1) is 0 Å². The SMILES string of the molecule is [c]1cccc2c1Nc1ccccc1[Te]2. The van der Waals surface area contributed by atoms with E-state index < -0.39 is 0 Å². The zero-order valence-corrected chi connectivity index (χ0v) is 9.78. The first-order valence-electron chi connectivity index (χ1n) is 4.48. The van der Waals surface area contributed by atoms with Crippen molar-refractivity contribution < 1.29 is 0 Å². The van der Waals surface area contributed by atoms with Gasteiger partial charge in [0.25, 0.3) is 0 Å². The van der Waals surface area contributed by atoms with Crippen LogP contribution in [0.1, 0.15) is 0 Å². The number of fused-ring (bicyclic) bond motifs is 2. The molecule has 2 heteroatoms. The van der Waals surface area contributed by atoms with Crippen molar-refractivity contribution >= 4 is 39.5 Å². The van der Waals surface area contributed by atoms with E-state index in [9.17, 15) is 0 Å². The molecule has 0 saturated heterocycles. The summed E-state index contributed by atoms with van der Waals surface area (Å²) in [4.78, 5) is 0. The van der Waals surface area contributed by atoms with Gasteiger partial charge in [0, 0.05) is 0 Å². The Morgan fingerprint density at radius 3 is 2.86 bits per heavy atom. The Morgan fingerprint density at radius 2 is 1.86 bits per heavy atom. The molecule has 3 rings (SSSR count). The number of rotatable bonds is 0. The van der Waals surface area contributed by atoms with E-state index in [0.717, 1.165) is 0 Å². The van der Waals surface area contributed by atoms with Gasteiger partial charge < -0.3 is 0 Å². The maximum absolute atomic E-state index is 3.42. The summed E-state index contributed by atoms with van der Waals surface area (Å²) in [6.07, 6.45) is 0. The Balaban J connectivity index is 2.12. The third-order valence-corrected chi connectivity index (χ3v) is 5.43. The number of anilines is 2. The van der Waals surface area contributed by atoms with Crippen LogP contribution in [-0.4, -0.2) is 20.9 Å². The molecule has 0 amide bonds. The Kier molecular flexibility index (Phi) is 1.97. The summed E-state index contributed by atoms with van der Waals surface area (Å²) >= 11 is -0.205. The van der Waals surface area contributed by atoms with Gasteiger partial charge in [-0.1, -0.05) is 0 Å². The summed E-state index contributed by atoms with van der Waals surface area (Å²) in [6, 6.07) is 18.0. The summed E-state index contributed by atoms with van der Waals surface area (Å²) < 4.78 is 2.95. The fourth-order valence-corrected chi connectivity index (χ4v) is 4.29. The number of para-hydroxylation sites is 2. The van der Waals surface area contributed by atoms with E-state index in [1.807, 2.05) is 6.07 Å². The summed E-state index contributed by atoms with van der Waals surface area (Å²) in [5.41, 5.74) is 2.44. The van der Waals surface area contributed by atoms with Crippen molar-refractivity contribution in [2.24, 2.45) is 0 Å². The van der Waals surface area contributed by atoms with Crippen LogP contribution in [0, 0.1) is 6.07 Å². The minimum atomic E-state index is -0.205. The van der Waals surface area contributed by atoms with Crippen LogP contribution >= 0.6 is 0 Å². The third-order valence-electron chi connectivity index (χ3n) is 2.18. The fraction of sp³-hybridized carbons (Fsp3) is 0. The molecule has 0 saturated carbocycles. The molecule has 14 heavy (non-hydrogen) atoms. The first kappa shape index (κ1) is 8.35. The predicted octanol–water partition coefficient (Wildman–Crippen LogP) is 1.20. The quantitative estimate of drug-likeness (QED) is 0.614. The molecule has 1 radical (unpaired) electrons. The number of hydrogen-bond donors (Lipinski definition) is 1. The second kappa shape index (κ2) is 3.31. The maximum atomic E-state index is 3.42. The summed E-state index contributed by atoms with van der Waals surface area (Å²) in [7, 11) is 0. The van der Waals surface area contributed by atoms with E-state index in [1.54, 1.807) is 0 Å². The van der Waals surface area contributed by atoms with Crippen molar-refractivity contribution in [2.75, 3.05) is 5.32 Å². The van der Waals surface area contributed by atoms with E-state index in [-0.39, 0.29) is 20.9 Å². The molecular formula is C12H8NTe. The van der Waals surface area contributed by atoms with Crippen LogP contribution in [0.5, 0.6) is 0 Å². The Labute approximate surface area is 93.2 Å². The van der Waals surface area contributed by atoms with Gasteiger partial charge in [0.1, 0.15) is 0 Å². The average Bonchev–Trinajstić information content (AvgIpc) is 2.26. The van der Waals surface area contributed by atoms with Crippen molar-refractivity contribution in [3.05, 3.63) is 48.5 Å². The summed E-state index contributed by atoms with van der Waals surface area (Å²) in [6.45, 7) is 0.